The van der Waals surface area contributed by atoms with Gasteiger partial charge < -0.3 is 9.90 Å². The molecule has 1 aromatic rings. The zero-order valence-corrected chi connectivity index (χ0v) is 10.0. The Labute approximate surface area is 98.3 Å². The minimum absolute atomic E-state index is 0.393. The Hall–Kier alpha value is -1.47. The molecule has 7 heteroatoms. The molecule has 0 fully saturated rings. The minimum atomic E-state index is -4.06. The lowest BCUT2D eigenvalue weighted by atomic mass is 10.2. The summed E-state index contributed by atoms with van der Waals surface area (Å²) in [4.78, 5) is 9.86. The zero-order chi connectivity index (χ0) is 13.2. The van der Waals surface area contributed by atoms with Gasteiger partial charge >= 0.3 is 0 Å². The molecule has 5 nitrogen and oxygen atoms in total. The van der Waals surface area contributed by atoms with E-state index in [0.717, 1.165) is 18.2 Å². The molecule has 1 aromatic carbocycles. The number of hydrogen-bond donors (Lipinski definition) is 1. The highest BCUT2D eigenvalue weighted by atomic mass is 32.2. The lowest BCUT2D eigenvalue weighted by Gasteiger charge is -2.11. The summed E-state index contributed by atoms with van der Waals surface area (Å²) in [5.74, 6) is -2.57. The Morgan fingerprint density at radius 3 is 2.47 bits per heavy atom. The van der Waals surface area contributed by atoms with Gasteiger partial charge in [0.25, 0.3) is 0 Å². The fraction of sp³-hybridized carbons (Fsp3) is 0.300. The van der Waals surface area contributed by atoms with Gasteiger partial charge in [0, 0.05) is 6.04 Å². The summed E-state index contributed by atoms with van der Waals surface area (Å²) in [6.45, 7) is 3.14. The van der Waals surface area contributed by atoms with Gasteiger partial charge in [0.05, 0.1) is 5.97 Å². The first-order valence-corrected chi connectivity index (χ1v) is 6.25. The highest BCUT2D eigenvalue weighted by molar-refractivity contribution is 7.89. The van der Waals surface area contributed by atoms with Crippen LogP contribution in [0.3, 0.4) is 0 Å². The van der Waals surface area contributed by atoms with Crippen LogP contribution in [0.1, 0.15) is 24.2 Å². The normalized spacial score (nSPS) is 11.8. The van der Waals surface area contributed by atoms with Gasteiger partial charge in [-0.1, -0.05) is 6.07 Å². The van der Waals surface area contributed by atoms with Gasteiger partial charge in [0.15, 0.2) is 0 Å². The average molecular weight is 260 g/mol. The lowest BCUT2D eigenvalue weighted by molar-refractivity contribution is -0.255. The van der Waals surface area contributed by atoms with E-state index in [9.17, 15) is 22.7 Å². The molecule has 0 bridgehead atoms. The molecular formula is C10H11FNO4S-. The standard InChI is InChI=1S/C10H12FNO4S/c1-6(2)12-17(15,16)9-5-7(10(13)14)3-4-8(9)11/h3-6,12H,1-2H3,(H,13,14)/p-1. The SMILES string of the molecule is CC(C)NS(=O)(=O)c1cc(C(=O)[O-])ccc1F. The van der Waals surface area contributed by atoms with Crippen molar-refractivity contribution in [2.24, 2.45) is 0 Å². The molecule has 94 valence electrons. The summed E-state index contributed by atoms with van der Waals surface area (Å²) < 4.78 is 38.9. The van der Waals surface area contributed by atoms with E-state index in [2.05, 4.69) is 4.72 Å². The Balaban J connectivity index is 3.30. The maximum Gasteiger partial charge on any atom is 0.243 e. The number of nitrogens with one attached hydrogen (secondary N) is 1. The van der Waals surface area contributed by atoms with Crippen LogP contribution in [-0.2, 0) is 10.0 Å². The molecule has 0 amide bonds. The van der Waals surface area contributed by atoms with Crippen LogP contribution in [0.2, 0.25) is 0 Å². The van der Waals surface area contributed by atoms with E-state index < -0.39 is 38.3 Å². The van der Waals surface area contributed by atoms with Gasteiger partial charge in [-0.25, -0.2) is 17.5 Å². The second-order valence-corrected chi connectivity index (χ2v) is 5.39. The number of rotatable bonds is 4. The van der Waals surface area contributed by atoms with Crippen molar-refractivity contribution in [3.8, 4) is 0 Å². The van der Waals surface area contributed by atoms with E-state index in [4.69, 9.17) is 0 Å². The van der Waals surface area contributed by atoms with Crippen LogP contribution in [0.15, 0.2) is 23.1 Å². The van der Waals surface area contributed by atoms with Crippen molar-refractivity contribution >= 4 is 16.0 Å². The number of sulfonamides is 1. The molecular weight excluding hydrogens is 249 g/mol. The third-order valence-electron chi connectivity index (χ3n) is 1.85. The van der Waals surface area contributed by atoms with E-state index in [-0.39, 0.29) is 0 Å². The monoisotopic (exact) mass is 260 g/mol. The maximum absolute atomic E-state index is 13.3. The quantitative estimate of drug-likeness (QED) is 0.817. The number of carboxylic acids is 1. The molecule has 0 aliphatic carbocycles. The van der Waals surface area contributed by atoms with Crippen molar-refractivity contribution in [1.29, 1.82) is 0 Å². The Morgan fingerprint density at radius 2 is 2.00 bits per heavy atom. The summed E-state index contributed by atoms with van der Waals surface area (Å²) in [6.07, 6.45) is 0. The number of carbonyl (C=O) groups is 1. The Bertz CT molecular complexity index is 539. The van der Waals surface area contributed by atoms with Gasteiger partial charge in [-0.15, -0.1) is 0 Å². The van der Waals surface area contributed by atoms with E-state index in [1.807, 2.05) is 0 Å². The first-order chi connectivity index (χ1) is 7.74. The molecule has 1 N–H and O–H groups in total. The van der Waals surface area contributed by atoms with Gasteiger partial charge in [-0.2, -0.15) is 0 Å². The number of carbonyl (C=O) groups excluding carboxylic acids is 1. The first-order valence-electron chi connectivity index (χ1n) is 4.77. The van der Waals surface area contributed by atoms with Gasteiger partial charge in [0.1, 0.15) is 10.7 Å². The number of hydrogen-bond acceptors (Lipinski definition) is 4. The van der Waals surface area contributed by atoms with Crippen LogP contribution in [0.4, 0.5) is 4.39 Å². The van der Waals surface area contributed by atoms with Gasteiger partial charge in [-0.05, 0) is 31.5 Å². The van der Waals surface area contributed by atoms with E-state index in [1.54, 1.807) is 13.8 Å². The molecule has 0 unspecified atom stereocenters. The molecule has 0 heterocycles. The number of aromatic carboxylic acids is 1. The fourth-order valence-electron chi connectivity index (χ4n) is 1.21. The van der Waals surface area contributed by atoms with Crippen molar-refractivity contribution in [3.63, 3.8) is 0 Å². The third-order valence-corrected chi connectivity index (χ3v) is 3.52. The minimum Gasteiger partial charge on any atom is -0.545 e. The fourth-order valence-corrected chi connectivity index (χ4v) is 2.56. The van der Waals surface area contributed by atoms with Crippen molar-refractivity contribution < 1.29 is 22.7 Å². The molecule has 0 atom stereocenters. The van der Waals surface area contributed by atoms with E-state index in [0.29, 0.717) is 0 Å². The number of carboxylic acid groups (broad SMARTS) is 1. The van der Waals surface area contributed by atoms with Crippen molar-refractivity contribution in [3.05, 3.63) is 29.6 Å². The summed E-state index contributed by atoms with van der Waals surface area (Å²) in [5, 5.41) is 10.6. The molecule has 0 saturated heterocycles. The second kappa shape index (κ2) is 4.80. The van der Waals surface area contributed by atoms with Gasteiger partial charge in [-0.3, -0.25) is 0 Å². The molecule has 1 rings (SSSR count). The molecule has 0 radical (unpaired) electrons. The van der Waals surface area contributed by atoms with Crippen LogP contribution in [-0.4, -0.2) is 20.4 Å². The molecule has 0 aliphatic rings. The van der Waals surface area contributed by atoms with Crippen molar-refractivity contribution in [2.75, 3.05) is 0 Å². The lowest BCUT2D eigenvalue weighted by Crippen LogP contribution is -2.31. The van der Waals surface area contributed by atoms with E-state index in [1.165, 1.54) is 0 Å². The molecule has 0 spiro atoms. The van der Waals surface area contributed by atoms with Crippen LogP contribution in [0.25, 0.3) is 0 Å². The Kier molecular flexibility index (Phi) is 3.84. The summed E-state index contributed by atoms with van der Waals surface area (Å²) >= 11 is 0. The summed E-state index contributed by atoms with van der Waals surface area (Å²) in [5.41, 5.74) is -0.393. The van der Waals surface area contributed by atoms with Crippen LogP contribution >= 0.6 is 0 Å². The topological polar surface area (TPSA) is 86.3 Å². The number of benzene rings is 1. The molecule has 0 aliphatic heterocycles. The number of halogens is 1. The zero-order valence-electron chi connectivity index (χ0n) is 9.23. The molecule has 17 heavy (non-hydrogen) atoms. The maximum atomic E-state index is 13.3. The highest BCUT2D eigenvalue weighted by Crippen LogP contribution is 2.16. The largest absolute Gasteiger partial charge is 0.545 e. The summed E-state index contributed by atoms with van der Waals surface area (Å²) in [7, 11) is -4.06. The smallest absolute Gasteiger partial charge is 0.243 e. The second-order valence-electron chi connectivity index (χ2n) is 3.71. The van der Waals surface area contributed by atoms with Crippen LogP contribution < -0.4 is 9.83 Å². The summed E-state index contributed by atoms with van der Waals surface area (Å²) in [6, 6.07) is 2.03. The Morgan fingerprint density at radius 1 is 1.41 bits per heavy atom. The van der Waals surface area contributed by atoms with Gasteiger partial charge in [0.2, 0.25) is 10.0 Å². The molecule has 0 saturated carbocycles. The van der Waals surface area contributed by atoms with E-state index >= 15 is 0 Å². The predicted molar refractivity (Wildman–Crippen MR) is 56.2 cm³/mol. The average Bonchev–Trinajstić information content (AvgIpc) is 2.15. The van der Waals surface area contributed by atoms with Crippen LogP contribution in [0, 0.1) is 5.82 Å². The van der Waals surface area contributed by atoms with Crippen molar-refractivity contribution in [2.45, 2.75) is 24.8 Å². The van der Waals surface area contributed by atoms with Crippen molar-refractivity contribution in [1.82, 2.24) is 4.72 Å². The molecule has 0 aromatic heterocycles. The highest BCUT2D eigenvalue weighted by Gasteiger charge is 2.20. The first kappa shape index (κ1) is 13.6. The predicted octanol–water partition coefficient (Wildman–Crippen LogP) is -0.124. The third kappa shape index (κ3) is 3.24. The van der Waals surface area contributed by atoms with Crippen LogP contribution in [0.5, 0.6) is 0 Å².